The fourth-order valence-electron chi connectivity index (χ4n) is 1.77. The van der Waals surface area contributed by atoms with E-state index in [1.165, 1.54) is 0 Å². The Balaban J connectivity index is 2.53. The first kappa shape index (κ1) is 15.0. The molecule has 0 spiro atoms. The zero-order valence-corrected chi connectivity index (χ0v) is 11.9. The summed E-state index contributed by atoms with van der Waals surface area (Å²) < 4.78 is 5.39. The Morgan fingerprint density at radius 2 is 2.00 bits per heavy atom. The molecule has 2 unspecified atom stereocenters. The first-order valence-corrected chi connectivity index (χ1v) is 6.43. The molecule has 0 radical (unpaired) electrons. The van der Waals surface area contributed by atoms with Crippen molar-refractivity contribution in [3.63, 3.8) is 0 Å². The van der Waals surface area contributed by atoms with Crippen LogP contribution in [0.4, 0.5) is 0 Å². The number of rotatable bonds is 2. The molecule has 2 atom stereocenters. The Morgan fingerprint density at radius 1 is 1.39 bits per heavy atom. The lowest BCUT2D eigenvalue weighted by atomic mass is 9.95. The molecule has 0 aromatic rings. The van der Waals surface area contributed by atoms with Gasteiger partial charge in [-0.25, -0.2) is 0 Å². The molecular weight excluding hydrogens is 232 g/mol. The van der Waals surface area contributed by atoms with Crippen molar-refractivity contribution in [2.75, 3.05) is 19.7 Å². The molecule has 0 aromatic heterocycles. The van der Waals surface area contributed by atoms with E-state index >= 15 is 0 Å². The van der Waals surface area contributed by atoms with Crippen LogP contribution in [-0.2, 0) is 14.3 Å². The van der Waals surface area contributed by atoms with Crippen LogP contribution in [0.25, 0.3) is 0 Å². The van der Waals surface area contributed by atoms with Crippen molar-refractivity contribution in [2.45, 2.75) is 46.8 Å². The molecule has 2 amide bonds. The van der Waals surface area contributed by atoms with Gasteiger partial charge in [0.2, 0.25) is 11.8 Å². The lowest BCUT2D eigenvalue weighted by Gasteiger charge is -2.33. The van der Waals surface area contributed by atoms with Gasteiger partial charge in [0.25, 0.3) is 0 Å². The molecule has 0 aliphatic carbocycles. The van der Waals surface area contributed by atoms with Crippen LogP contribution < -0.4 is 5.32 Å². The second-order valence-corrected chi connectivity index (χ2v) is 5.91. The Hall–Kier alpha value is -1.10. The van der Waals surface area contributed by atoms with Crippen LogP contribution in [0, 0.1) is 5.41 Å². The van der Waals surface area contributed by atoms with Crippen molar-refractivity contribution < 1.29 is 14.3 Å². The summed E-state index contributed by atoms with van der Waals surface area (Å²) in [6.07, 6.45) is 0.0632. The van der Waals surface area contributed by atoms with Crippen molar-refractivity contribution in [3.05, 3.63) is 0 Å². The summed E-state index contributed by atoms with van der Waals surface area (Å²) in [4.78, 5) is 25.7. The van der Waals surface area contributed by atoms with E-state index in [0.717, 1.165) is 0 Å². The second kappa shape index (κ2) is 5.69. The number of morpholine rings is 1. The fraction of sp³-hybridized carbons (Fsp3) is 0.846. The number of nitrogens with zero attached hydrogens (tertiary/aromatic N) is 1. The summed E-state index contributed by atoms with van der Waals surface area (Å²) in [5.74, 6) is -0.146. The number of nitrogens with one attached hydrogen (secondary N) is 1. The van der Waals surface area contributed by atoms with Gasteiger partial charge in [0.05, 0.1) is 12.7 Å². The maximum atomic E-state index is 12.2. The van der Waals surface area contributed by atoms with E-state index in [0.29, 0.717) is 19.7 Å². The van der Waals surface area contributed by atoms with Crippen molar-refractivity contribution >= 4 is 11.8 Å². The van der Waals surface area contributed by atoms with E-state index in [2.05, 4.69) is 5.32 Å². The zero-order chi connectivity index (χ0) is 13.9. The highest BCUT2D eigenvalue weighted by Crippen LogP contribution is 2.13. The van der Waals surface area contributed by atoms with Crippen LogP contribution in [0.15, 0.2) is 0 Å². The molecule has 104 valence electrons. The summed E-state index contributed by atoms with van der Waals surface area (Å²) in [5, 5.41) is 2.76. The topological polar surface area (TPSA) is 58.6 Å². The van der Waals surface area contributed by atoms with Crippen molar-refractivity contribution in [3.8, 4) is 0 Å². The van der Waals surface area contributed by atoms with Gasteiger partial charge in [0.1, 0.15) is 6.04 Å². The van der Waals surface area contributed by atoms with Crippen molar-refractivity contribution in [1.82, 2.24) is 10.2 Å². The van der Waals surface area contributed by atoms with E-state index in [1.807, 2.05) is 27.7 Å². The summed E-state index contributed by atoms with van der Waals surface area (Å²) in [7, 11) is 0. The molecule has 1 rings (SSSR count). The van der Waals surface area contributed by atoms with E-state index in [4.69, 9.17) is 4.74 Å². The molecule has 1 N–H and O–H groups in total. The molecule has 1 aliphatic heterocycles. The van der Waals surface area contributed by atoms with Gasteiger partial charge in [-0.15, -0.1) is 0 Å². The SMILES string of the molecule is CC1CN(C(=O)C(C)NC(=O)C(C)(C)C)CCO1. The molecule has 5 nitrogen and oxygen atoms in total. The van der Waals surface area contributed by atoms with Gasteiger partial charge in [-0.2, -0.15) is 0 Å². The predicted octanol–water partition coefficient (Wildman–Crippen LogP) is 0.785. The molecule has 0 saturated carbocycles. The van der Waals surface area contributed by atoms with Crippen molar-refractivity contribution in [2.24, 2.45) is 5.41 Å². The quantitative estimate of drug-likeness (QED) is 0.794. The smallest absolute Gasteiger partial charge is 0.245 e. The number of carbonyl (C=O) groups is 2. The van der Waals surface area contributed by atoms with Crippen LogP contribution in [0.3, 0.4) is 0 Å². The standard InChI is InChI=1S/C13H24N2O3/c1-9-8-15(6-7-18-9)11(16)10(2)14-12(17)13(3,4)5/h9-10H,6-8H2,1-5H3,(H,14,17). The minimum atomic E-state index is -0.484. The average molecular weight is 256 g/mol. The third-order valence-electron chi connectivity index (χ3n) is 2.95. The maximum absolute atomic E-state index is 12.2. The highest BCUT2D eigenvalue weighted by molar-refractivity contribution is 5.89. The van der Waals surface area contributed by atoms with Crippen LogP contribution >= 0.6 is 0 Å². The Kier molecular flexibility index (Phi) is 4.73. The third-order valence-corrected chi connectivity index (χ3v) is 2.95. The molecular formula is C13H24N2O3. The normalized spacial score (nSPS) is 22.5. The van der Waals surface area contributed by atoms with Crippen molar-refractivity contribution in [1.29, 1.82) is 0 Å². The van der Waals surface area contributed by atoms with Gasteiger partial charge < -0.3 is 15.0 Å². The first-order valence-electron chi connectivity index (χ1n) is 6.43. The molecule has 1 saturated heterocycles. The van der Waals surface area contributed by atoms with Gasteiger partial charge in [-0.3, -0.25) is 9.59 Å². The first-order chi connectivity index (χ1) is 8.21. The van der Waals surface area contributed by atoms with Crippen LogP contribution in [0.2, 0.25) is 0 Å². The van der Waals surface area contributed by atoms with Crippen LogP contribution in [0.1, 0.15) is 34.6 Å². The predicted molar refractivity (Wildman–Crippen MR) is 69.1 cm³/mol. The number of carbonyl (C=O) groups excluding carboxylic acids is 2. The van der Waals surface area contributed by atoms with Gasteiger partial charge >= 0.3 is 0 Å². The van der Waals surface area contributed by atoms with Gasteiger partial charge in [-0.05, 0) is 13.8 Å². The summed E-state index contributed by atoms with van der Waals surface area (Å²) in [5.41, 5.74) is -0.479. The number of ether oxygens (including phenoxy) is 1. The molecule has 1 heterocycles. The zero-order valence-electron chi connectivity index (χ0n) is 11.9. The molecule has 0 aromatic carbocycles. The number of hydrogen-bond acceptors (Lipinski definition) is 3. The monoisotopic (exact) mass is 256 g/mol. The van der Waals surface area contributed by atoms with Gasteiger partial charge in [-0.1, -0.05) is 20.8 Å². The maximum Gasteiger partial charge on any atom is 0.245 e. The number of amides is 2. The highest BCUT2D eigenvalue weighted by Gasteiger charge is 2.29. The van der Waals surface area contributed by atoms with Gasteiger partial charge in [0.15, 0.2) is 0 Å². The summed E-state index contributed by atoms with van der Waals surface area (Å²) in [6, 6.07) is -0.484. The largest absolute Gasteiger partial charge is 0.375 e. The fourth-order valence-corrected chi connectivity index (χ4v) is 1.77. The molecule has 1 fully saturated rings. The van der Waals surface area contributed by atoms with E-state index in [9.17, 15) is 9.59 Å². The Morgan fingerprint density at radius 3 is 2.50 bits per heavy atom. The van der Waals surface area contributed by atoms with E-state index in [-0.39, 0.29) is 17.9 Å². The summed E-state index contributed by atoms with van der Waals surface area (Å²) >= 11 is 0. The van der Waals surface area contributed by atoms with Crippen LogP contribution in [0.5, 0.6) is 0 Å². The average Bonchev–Trinajstić information content (AvgIpc) is 2.26. The third kappa shape index (κ3) is 3.98. The lowest BCUT2D eigenvalue weighted by molar-refractivity contribution is -0.143. The molecule has 18 heavy (non-hydrogen) atoms. The minimum absolute atomic E-state index is 0.0391. The molecule has 0 bridgehead atoms. The van der Waals surface area contributed by atoms with E-state index < -0.39 is 11.5 Å². The van der Waals surface area contributed by atoms with E-state index in [1.54, 1.807) is 11.8 Å². The molecule has 5 heteroatoms. The van der Waals surface area contributed by atoms with Gasteiger partial charge in [0, 0.05) is 18.5 Å². The summed E-state index contributed by atoms with van der Waals surface area (Å²) in [6.45, 7) is 10.9. The highest BCUT2D eigenvalue weighted by atomic mass is 16.5. The molecule has 1 aliphatic rings. The minimum Gasteiger partial charge on any atom is -0.375 e. The Labute approximate surface area is 109 Å². The lowest BCUT2D eigenvalue weighted by Crippen LogP contribution is -2.53. The second-order valence-electron chi connectivity index (χ2n) is 5.91. The number of hydrogen-bond donors (Lipinski definition) is 1. The van der Waals surface area contributed by atoms with Crippen LogP contribution in [-0.4, -0.2) is 48.6 Å². The Bertz CT molecular complexity index is 323.